The van der Waals surface area contributed by atoms with E-state index in [1.807, 2.05) is 14.1 Å². The van der Waals surface area contributed by atoms with Crippen LogP contribution in [-0.2, 0) is 0 Å². The van der Waals surface area contributed by atoms with Crippen molar-refractivity contribution in [2.75, 3.05) is 27.2 Å². The highest BCUT2D eigenvalue weighted by Crippen LogP contribution is 2.07. The highest BCUT2D eigenvalue weighted by molar-refractivity contribution is 5.94. The maximum absolute atomic E-state index is 12.8. The number of nitrogens with one attached hydrogen (secondary N) is 2. The van der Waals surface area contributed by atoms with Gasteiger partial charge in [-0.05, 0) is 12.1 Å². The van der Waals surface area contributed by atoms with Gasteiger partial charge in [0.2, 0.25) is 0 Å². The number of hydrogen-bond acceptors (Lipinski definition) is 1. The first-order chi connectivity index (χ1) is 7.49. The van der Waals surface area contributed by atoms with Gasteiger partial charge in [0.25, 0.3) is 5.91 Å². The molecule has 0 aliphatic heterocycles. The molecular weight excluding hydrogens is 214 g/mol. The van der Waals surface area contributed by atoms with Crippen molar-refractivity contribution < 1.29 is 18.5 Å². The third kappa shape index (κ3) is 3.94. The fraction of sp³-hybridized carbons (Fsp3) is 0.364. The van der Waals surface area contributed by atoms with Gasteiger partial charge in [-0.1, -0.05) is 0 Å². The fourth-order valence-corrected chi connectivity index (χ4v) is 1.21. The molecule has 0 fully saturated rings. The molecule has 16 heavy (non-hydrogen) atoms. The summed E-state index contributed by atoms with van der Waals surface area (Å²) in [4.78, 5) is 12.7. The van der Waals surface area contributed by atoms with E-state index < -0.39 is 17.5 Å². The molecule has 88 valence electrons. The molecule has 3 nitrogen and oxygen atoms in total. The van der Waals surface area contributed by atoms with Crippen LogP contribution in [0.25, 0.3) is 0 Å². The molecule has 0 heterocycles. The number of quaternary nitrogens is 1. The van der Waals surface area contributed by atoms with Crippen LogP contribution in [0.4, 0.5) is 8.78 Å². The zero-order chi connectivity index (χ0) is 12.1. The van der Waals surface area contributed by atoms with Crippen molar-refractivity contribution in [3.63, 3.8) is 0 Å². The number of hydrogen-bond donors (Lipinski definition) is 2. The molecule has 2 N–H and O–H groups in total. The van der Waals surface area contributed by atoms with Crippen molar-refractivity contribution in [3.05, 3.63) is 35.4 Å². The lowest BCUT2D eigenvalue weighted by Gasteiger charge is -2.08. The van der Waals surface area contributed by atoms with Crippen LogP contribution in [0.3, 0.4) is 0 Å². The molecule has 5 heteroatoms. The van der Waals surface area contributed by atoms with E-state index in [9.17, 15) is 13.6 Å². The highest BCUT2D eigenvalue weighted by Gasteiger charge is 2.08. The Kier molecular flexibility index (Phi) is 4.37. The Morgan fingerprint density at radius 2 is 1.81 bits per heavy atom. The van der Waals surface area contributed by atoms with E-state index in [4.69, 9.17) is 0 Å². The van der Waals surface area contributed by atoms with Gasteiger partial charge in [-0.2, -0.15) is 0 Å². The third-order valence-electron chi connectivity index (χ3n) is 2.04. The topological polar surface area (TPSA) is 33.5 Å². The molecule has 0 radical (unpaired) electrons. The minimum atomic E-state index is -0.747. The number of carbonyl (C=O) groups is 1. The average molecular weight is 229 g/mol. The minimum absolute atomic E-state index is 0.00579. The molecule has 1 amide bonds. The summed E-state index contributed by atoms with van der Waals surface area (Å²) in [5, 5.41) is 2.59. The van der Waals surface area contributed by atoms with E-state index in [-0.39, 0.29) is 5.56 Å². The minimum Gasteiger partial charge on any atom is -0.346 e. The van der Waals surface area contributed by atoms with Crippen LogP contribution < -0.4 is 10.2 Å². The summed E-state index contributed by atoms with van der Waals surface area (Å²) in [6, 6.07) is 2.77. The van der Waals surface area contributed by atoms with Gasteiger partial charge in [0, 0.05) is 11.6 Å². The normalized spacial score (nSPS) is 10.6. The summed E-state index contributed by atoms with van der Waals surface area (Å²) < 4.78 is 25.6. The van der Waals surface area contributed by atoms with Gasteiger partial charge in [-0.15, -0.1) is 0 Å². The second-order valence-electron chi connectivity index (χ2n) is 3.87. The lowest BCUT2D eigenvalue weighted by molar-refractivity contribution is -0.856. The van der Waals surface area contributed by atoms with Gasteiger partial charge in [0.15, 0.2) is 0 Å². The van der Waals surface area contributed by atoms with Crippen LogP contribution in [0.15, 0.2) is 18.2 Å². The predicted molar refractivity (Wildman–Crippen MR) is 56.4 cm³/mol. The maximum Gasteiger partial charge on any atom is 0.251 e. The molecule has 0 unspecified atom stereocenters. The standard InChI is InChI=1S/C11H14F2N2O/c1-15(2)4-3-14-11(16)8-5-9(12)7-10(13)6-8/h5-7H,3-4H2,1-2H3,(H,14,16)/p+1. The molecule has 0 aromatic heterocycles. The summed E-state index contributed by atoms with van der Waals surface area (Å²) in [7, 11) is 3.90. The third-order valence-corrected chi connectivity index (χ3v) is 2.04. The predicted octanol–water partition coefficient (Wildman–Crippen LogP) is -0.161. The van der Waals surface area contributed by atoms with E-state index in [1.165, 1.54) is 4.90 Å². The number of likely N-dealkylation sites (N-methyl/N-ethyl adjacent to an activating group) is 1. The molecule has 0 aliphatic carbocycles. The Bertz CT molecular complexity index is 360. The van der Waals surface area contributed by atoms with Gasteiger partial charge < -0.3 is 10.2 Å². The first kappa shape index (κ1) is 12.6. The van der Waals surface area contributed by atoms with Crippen molar-refractivity contribution >= 4 is 5.91 Å². The average Bonchev–Trinajstić information content (AvgIpc) is 2.15. The lowest BCUT2D eigenvalue weighted by Crippen LogP contribution is -3.06. The Balaban J connectivity index is 2.59. The molecule has 1 aromatic carbocycles. The van der Waals surface area contributed by atoms with E-state index in [0.29, 0.717) is 6.54 Å². The summed E-state index contributed by atoms with van der Waals surface area (Å²) in [5.74, 6) is -1.95. The first-order valence-corrected chi connectivity index (χ1v) is 5.02. The number of benzene rings is 1. The summed E-state index contributed by atoms with van der Waals surface area (Å²) in [6.45, 7) is 1.23. The molecule has 1 rings (SSSR count). The van der Waals surface area contributed by atoms with Crippen LogP contribution >= 0.6 is 0 Å². The van der Waals surface area contributed by atoms with Crippen LogP contribution in [0.1, 0.15) is 10.4 Å². The molecule has 1 aromatic rings. The first-order valence-electron chi connectivity index (χ1n) is 5.02. The molecule has 0 aliphatic rings. The number of carbonyl (C=O) groups excluding carboxylic acids is 1. The van der Waals surface area contributed by atoms with E-state index in [1.54, 1.807) is 0 Å². The second kappa shape index (κ2) is 5.55. The smallest absolute Gasteiger partial charge is 0.251 e. The molecule has 0 atom stereocenters. The Labute approximate surface area is 93.1 Å². The fourth-order valence-electron chi connectivity index (χ4n) is 1.21. The number of halogens is 2. The van der Waals surface area contributed by atoms with Crippen molar-refractivity contribution in [1.29, 1.82) is 0 Å². The van der Waals surface area contributed by atoms with Crippen molar-refractivity contribution in [3.8, 4) is 0 Å². The second-order valence-corrected chi connectivity index (χ2v) is 3.87. The van der Waals surface area contributed by atoms with E-state index >= 15 is 0 Å². The number of rotatable bonds is 4. The van der Waals surface area contributed by atoms with Crippen molar-refractivity contribution in [2.24, 2.45) is 0 Å². The van der Waals surface area contributed by atoms with Crippen LogP contribution in [0.2, 0.25) is 0 Å². The van der Waals surface area contributed by atoms with Crippen LogP contribution in [0, 0.1) is 11.6 Å². The molecule has 0 saturated carbocycles. The van der Waals surface area contributed by atoms with Gasteiger partial charge in [0.1, 0.15) is 11.6 Å². The van der Waals surface area contributed by atoms with Gasteiger partial charge >= 0.3 is 0 Å². The van der Waals surface area contributed by atoms with E-state index in [2.05, 4.69) is 5.32 Å². The molecule has 0 saturated heterocycles. The highest BCUT2D eigenvalue weighted by atomic mass is 19.1. The largest absolute Gasteiger partial charge is 0.346 e. The summed E-state index contributed by atoms with van der Waals surface area (Å²) in [5.41, 5.74) is 0.00579. The SMILES string of the molecule is C[NH+](C)CCNC(=O)c1cc(F)cc(F)c1. The summed E-state index contributed by atoms with van der Waals surface area (Å²) >= 11 is 0. The van der Waals surface area contributed by atoms with Gasteiger partial charge in [-0.25, -0.2) is 8.78 Å². The zero-order valence-corrected chi connectivity index (χ0v) is 9.31. The van der Waals surface area contributed by atoms with Gasteiger partial charge in [0.05, 0.1) is 27.2 Å². The molecule has 0 bridgehead atoms. The maximum atomic E-state index is 12.8. The Morgan fingerprint density at radius 1 is 1.25 bits per heavy atom. The quantitative estimate of drug-likeness (QED) is 0.739. The van der Waals surface area contributed by atoms with Crippen molar-refractivity contribution in [1.82, 2.24) is 5.32 Å². The van der Waals surface area contributed by atoms with Crippen molar-refractivity contribution in [2.45, 2.75) is 0 Å². The monoisotopic (exact) mass is 229 g/mol. The summed E-state index contributed by atoms with van der Waals surface area (Å²) in [6.07, 6.45) is 0. The Hall–Kier alpha value is -1.49. The van der Waals surface area contributed by atoms with Gasteiger partial charge in [-0.3, -0.25) is 4.79 Å². The number of amides is 1. The molecular formula is C11H15F2N2O+. The van der Waals surface area contributed by atoms with Crippen LogP contribution in [-0.4, -0.2) is 33.1 Å². The van der Waals surface area contributed by atoms with Crippen LogP contribution in [0.5, 0.6) is 0 Å². The zero-order valence-electron chi connectivity index (χ0n) is 9.31. The molecule has 0 spiro atoms. The van der Waals surface area contributed by atoms with E-state index in [0.717, 1.165) is 24.7 Å². The lowest BCUT2D eigenvalue weighted by atomic mass is 10.2. The Morgan fingerprint density at radius 3 is 2.31 bits per heavy atom.